The highest BCUT2D eigenvalue weighted by Crippen LogP contribution is 2.31. The maximum absolute atomic E-state index is 12.9. The molecule has 0 bridgehead atoms. The summed E-state index contributed by atoms with van der Waals surface area (Å²) in [6.45, 7) is 5.98. The van der Waals surface area contributed by atoms with Crippen molar-refractivity contribution in [1.82, 2.24) is 0 Å². The van der Waals surface area contributed by atoms with Crippen molar-refractivity contribution in [1.29, 1.82) is 0 Å². The molecule has 0 saturated heterocycles. The van der Waals surface area contributed by atoms with Gasteiger partial charge in [0.2, 0.25) is 0 Å². The number of carbonyl (C=O) groups is 1. The maximum Gasteiger partial charge on any atom is 0.339 e. The van der Waals surface area contributed by atoms with Crippen molar-refractivity contribution in [2.24, 2.45) is 0 Å². The smallest absolute Gasteiger partial charge is 0.339 e. The minimum atomic E-state index is -0.594. The molecule has 0 heterocycles. The van der Waals surface area contributed by atoms with Crippen molar-refractivity contribution in [3.8, 4) is 22.6 Å². The molecule has 4 nitrogen and oxygen atoms in total. The van der Waals surface area contributed by atoms with Crippen LogP contribution in [-0.4, -0.2) is 18.7 Å². The van der Waals surface area contributed by atoms with E-state index >= 15 is 0 Å². The third-order valence-electron chi connectivity index (χ3n) is 4.24. The van der Waals surface area contributed by atoms with Gasteiger partial charge in [-0.1, -0.05) is 42.5 Å². The number of methoxy groups -OCH3 is 1. The highest BCUT2D eigenvalue weighted by molar-refractivity contribution is 5.98. The topological polar surface area (TPSA) is 44.8 Å². The van der Waals surface area contributed by atoms with Gasteiger partial charge in [-0.15, -0.1) is 0 Å². The largest absolute Gasteiger partial charge is 0.497 e. The number of esters is 1. The average Bonchev–Trinajstić information content (AvgIpc) is 2.71. The number of ether oxygens (including phenoxy) is 3. The van der Waals surface area contributed by atoms with Crippen LogP contribution in [0.15, 0.2) is 72.8 Å². The van der Waals surface area contributed by atoms with E-state index in [0.29, 0.717) is 17.9 Å². The molecule has 0 radical (unpaired) electrons. The summed E-state index contributed by atoms with van der Waals surface area (Å²) in [5, 5.41) is 0. The number of hydrogen-bond acceptors (Lipinski definition) is 4. The molecule has 0 aromatic heterocycles. The van der Waals surface area contributed by atoms with Crippen LogP contribution in [0.25, 0.3) is 11.1 Å². The molecule has 0 aliphatic rings. The summed E-state index contributed by atoms with van der Waals surface area (Å²) in [6, 6.07) is 23.0. The Morgan fingerprint density at radius 3 is 2.31 bits per heavy atom. The maximum atomic E-state index is 12.9. The zero-order valence-electron chi connectivity index (χ0n) is 17.3. The molecule has 3 rings (SSSR count). The van der Waals surface area contributed by atoms with Crippen molar-refractivity contribution in [2.45, 2.75) is 33.0 Å². The Kier molecular flexibility index (Phi) is 6.23. The molecule has 0 saturated carbocycles. The highest BCUT2D eigenvalue weighted by atomic mass is 16.6. The third kappa shape index (κ3) is 5.61. The van der Waals surface area contributed by atoms with E-state index in [2.05, 4.69) is 0 Å². The molecule has 0 aliphatic heterocycles. The van der Waals surface area contributed by atoms with Crippen LogP contribution in [-0.2, 0) is 11.3 Å². The predicted octanol–water partition coefficient (Wildman–Crippen LogP) is 5.90. The molecule has 0 unspecified atom stereocenters. The zero-order chi connectivity index (χ0) is 20.9. The lowest BCUT2D eigenvalue weighted by Crippen LogP contribution is -2.24. The number of hydrogen-bond donors (Lipinski definition) is 0. The van der Waals surface area contributed by atoms with Gasteiger partial charge in [0.1, 0.15) is 23.7 Å². The standard InChI is InChI=1S/C25H26O4/c1-25(2,3)29-24(26)23-16-21(28-17-18-9-6-5-7-10-18)13-14-22(23)19-11-8-12-20(15-19)27-4/h5-16H,17H2,1-4H3. The second-order valence-electron chi connectivity index (χ2n) is 7.72. The first-order valence-corrected chi connectivity index (χ1v) is 9.54. The van der Waals surface area contributed by atoms with E-state index in [0.717, 1.165) is 22.4 Å². The van der Waals surface area contributed by atoms with E-state index in [4.69, 9.17) is 14.2 Å². The highest BCUT2D eigenvalue weighted by Gasteiger charge is 2.22. The fraction of sp³-hybridized carbons (Fsp3) is 0.240. The van der Waals surface area contributed by atoms with Crippen LogP contribution in [0.2, 0.25) is 0 Å². The summed E-state index contributed by atoms with van der Waals surface area (Å²) in [4.78, 5) is 12.9. The van der Waals surface area contributed by atoms with Crippen LogP contribution in [0.3, 0.4) is 0 Å². The van der Waals surface area contributed by atoms with Crippen molar-refractivity contribution in [3.63, 3.8) is 0 Å². The first-order chi connectivity index (χ1) is 13.9. The zero-order valence-corrected chi connectivity index (χ0v) is 17.3. The molecule has 0 amide bonds. The molecule has 3 aromatic carbocycles. The van der Waals surface area contributed by atoms with Crippen LogP contribution < -0.4 is 9.47 Å². The molecule has 150 valence electrons. The van der Waals surface area contributed by atoms with E-state index in [-0.39, 0.29) is 5.97 Å². The number of carbonyl (C=O) groups excluding carboxylic acids is 1. The lowest BCUT2D eigenvalue weighted by Gasteiger charge is -2.21. The van der Waals surface area contributed by atoms with E-state index < -0.39 is 5.60 Å². The quantitative estimate of drug-likeness (QED) is 0.492. The first kappa shape index (κ1) is 20.5. The van der Waals surface area contributed by atoms with Crippen LogP contribution in [0, 0.1) is 0 Å². The monoisotopic (exact) mass is 390 g/mol. The van der Waals surface area contributed by atoms with Gasteiger partial charge in [-0.3, -0.25) is 0 Å². The SMILES string of the molecule is COc1cccc(-c2ccc(OCc3ccccc3)cc2C(=O)OC(C)(C)C)c1. The fourth-order valence-corrected chi connectivity index (χ4v) is 2.90. The average molecular weight is 390 g/mol. The summed E-state index contributed by atoms with van der Waals surface area (Å²) in [5.74, 6) is 0.948. The van der Waals surface area contributed by atoms with E-state index in [9.17, 15) is 4.79 Å². The van der Waals surface area contributed by atoms with Crippen LogP contribution >= 0.6 is 0 Å². The minimum Gasteiger partial charge on any atom is -0.497 e. The summed E-state index contributed by atoms with van der Waals surface area (Å²) >= 11 is 0. The summed E-state index contributed by atoms with van der Waals surface area (Å²) in [6.07, 6.45) is 0. The second kappa shape index (κ2) is 8.82. The molecular formula is C25H26O4. The molecule has 0 atom stereocenters. The fourth-order valence-electron chi connectivity index (χ4n) is 2.90. The summed E-state index contributed by atoms with van der Waals surface area (Å²) in [7, 11) is 1.62. The van der Waals surface area contributed by atoms with Gasteiger partial charge < -0.3 is 14.2 Å². The van der Waals surface area contributed by atoms with Gasteiger partial charge in [0.25, 0.3) is 0 Å². The molecule has 0 aliphatic carbocycles. The van der Waals surface area contributed by atoms with E-state index in [1.54, 1.807) is 13.2 Å². The Bertz CT molecular complexity index is 972. The summed E-state index contributed by atoms with van der Waals surface area (Å²) < 4.78 is 16.9. The normalized spacial score (nSPS) is 11.0. The van der Waals surface area contributed by atoms with Crippen molar-refractivity contribution >= 4 is 5.97 Å². The van der Waals surface area contributed by atoms with Gasteiger partial charge in [0.05, 0.1) is 12.7 Å². The van der Waals surface area contributed by atoms with Gasteiger partial charge >= 0.3 is 5.97 Å². The Hall–Kier alpha value is -3.27. The molecule has 0 fully saturated rings. The third-order valence-corrected chi connectivity index (χ3v) is 4.24. The Balaban J connectivity index is 1.95. The van der Waals surface area contributed by atoms with Gasteiger partial charge in [0.15, 0.2) is 0 Å². The lowest BCUT2D eigenvalue weighted by atomic mass is 9.99. The molecule has 4 heteroatoms. The van der Waals surface area contributed by atoms with Gasteiger partial charge in [-0.05, 0) is 67.8 Å². The molecule has 0 N–H and O–H groups in total. The number of benzene rings is 3. The first-order valence-electron chi connectivity index (χ1n) is 9.54. The van der Waals surface area contributed by atoms with E-state index in [1.165, 1.54) is 0 Å². The Morgan fingerprint density at radius 2 is 1.62 bits per heavy atom. The molecule has 0 spiro atoms. The van der Waals surface area contributed by atoms with Crippen molar-refractivity contribution < 1.29 is 19.0 Å². The van der Waals surface area contributed by atoms with Gasteiger partial charge in [-0.2, -0.15) is 0 Å². The van der Waals surface area contributed by atoms with Crippen LogP contribution in [0.4, 0.5) is 0 Å². The predicted molar refractivity (Wildman–Crippen MR) is 114 cm³/mol. The molecule has 29 heavy (non-hydrogen) atoms. The van der Waals surface area contributed by atoms with E-state index in [1.807, 2.05) is 87.5 Å². The Morgan fingerprint density at radius 1 is 0.862 bits per heavy atom. The Labute approximate surface area is 172 Å². The van der Waals surface area contributed by atoms with Gasteiger partial charge in [0, 0.05) is 0 Å². The second-order valence-corrected chi connectivity index (χ2v) is 7.72. The summed E-state index contributed by atoms with van der Waals surface area (Å²) in [5.41, 5.74) is 2.57. The number of rotatable bonds is 6. The van der Waals surface area contributed by atoms with Crippen molar-refractivity contribution in [2.75, 3.05) is 7.11 Å². The van der Waals surface area contributed by atoms with Crippen LogP contribution in [0.5, 0.6) is 11.5 Å². The van der Waals surface area contributed by atoms with Gasteiger partial charge in [-0.25, -0.2) is 4.79 Å². The van der Waals surface area contributed by atoms with Crippen molar-refractivity contribution in [3.05, 3.63) is 83.9 Å². The van der Waals surface area contributed by atoms with Crippen LogP contribution in [0.1, 0.15) is 36.7 Å². The molecule has 3 aromatic rings. The molecular weight excluding hydrogens is 364 g/mol. The lowest BCUT2D eigenvalue weighted by molar-refractivity contribution is 0.00700. The minimum absolute atomic E-state index is 0.388.